The van der Waals surface area contributed by atoms with Gasteiger partial charge in [-0.1, -0.05) is 30.3 Å². The van der Waals surface area contributed by atoms with E-state index in [1.165, 1.54) is 4.57 Å². The summed E-state index contributed by atoms with van der Waals surface area (Å²) in [7, 11) is 0. The fourth-order valence-corrected chi connectivity index (χ4v) is 5.98. The van der Waals surface area contributed by atoms with Crippen LogP contribution in [0.4, 0.5) is 4.79 Å². The van der Waals surface area contributed by atoms with Crippen molar-refractivity contribution < 1.29 is 50.4 Å². The molecule has 0 N–H and O–H groups in total. The number of piperidine rings is 1. The molecule has 44 heavy (non-hydrogen) atoms. The number of esters is 2. The van der Waals surface area contributed by atoms with E-state index >= 15 is 0 Å². The van der Waals surface area contributed by atoms with Crippen molar-refractivity contribution in [3.8, 4) is 0 Å². The Morgan fingerprint density at radius 2 is 1.57 bits per heavy atom. The molecule has 10 nitrogen and oxygen atoms in total. The molecule has 0 aliphatic carbocycles. The number of aromatic nitrogens is 1. The SMILES string of the molecule is CC(C)(C)OC(=O)C1=C(C(=O)[n+]2cccc(CC(=O)OCc3ccccc3)c2)C2CCN(C(=O)OC(C)(C)C)[C@H]3CN1[C@H]23.[Cl-]. The summed E-state index contributed by atoms with van der Waals surface area (Å²) < 4.78 is 18.2. The van der Waals surface area contributed by atoms with E-state index < -0.39 is 29.2 Å². The largest absolute Gasteiger partial charge is 1.00 e. The first-order valence-corrected chi connectivity index (χ1v) is 14.7. The molecule has 3 atom stereocenters. The van der Waals surface area contributed by atoms with Gasteiger partial charge in [-0.05, 0) is 59.6 Å². The second kappa shape index (κ2) is 12.6. The Morgan fingerprint density at radius 1 is 0.909 bits per heavy atom. The average Bonchev–Trinajstić information content (AvgIpc) is 3.21. The molecule has 236 valence electrons. The van der Waals surface area contributed by atoms with Gasteiger partial charge in [0.25, 0.3) is 0 Å². The van der Waals surface area contributed by atoms with Crippen molar-refractivity contribution in [2.75, 3.05) is 13.1 Å². The summed E-state index contributed by atoms with van der Waals surface area (Å²) in [5.74, 6) is -1.59. The smallest absolute Gasteiger partial charge is 0.423 e. The van der Waals surface area contributed by atoms with Crippen molar-refractivity contribution in [3.63, 3.8) is 0 Å². The second-order valence-electron chi connectivity index (χ2n) is 13.3. The Hall–Kier alpha value is -3.92. The molecule has 0 saturated carbocycles. The van der Waals surface area contributed by atoms with Gasteiger partial charge in [-0.3, -0.25) is 4.79 Å². The third-order valence-electron chi connectivity index (χ3n) is 7.68. The lowest BCUT2D eigenvalue weighted by Crippen LogP contribution is -3.00. The summed E-state index contributed by atoms with van der Waals surface area (Å²) >= 11 is 0. The van der Waals surface area contributed by atoms with Crippen LogP contribution in [0.3, 0.4) is 0 Å². The zero-order chi connectivity index (χ0) is 31.1. The highest BCUT2D eigenvalue weighted by Gasteiger charge is 2.62. The number of pyridine rings is 1. The van der Waals surface area contributed by atoms with Crippen LogP contribution in [0.2, 0.25) is 0 Å². The van der Waals surface area contributed by atoms with Crippen molar-refractivity contribution in [1.29, 1.82) is 0 Å². The monoisotopic (exact) mass is 625 g/mol. The highest BCUT2D eigenvalue weighted by Crippen LogP contribution is 2.49. The second-order valence-corrected chi connectivity index (χ2v) is 13.3. The Morgan fingerprint density at radius 3 is 2.23 bits per heavy atom. The average molecular weight is 626 g/mol. The minimum atomic E-state index is -0.758. The van der Waals surface area contributed by atoms with Crippen LogP contribution in [-0.4, -0.2) is 70.1 Å². The van der Waals surface area contributed by atoms with Crippen LogP contribution in [0.25, 0.3) is 0 Å². The van der Waals surface area contributed by atoms with Crippen LogP contribution in [-0.2, 0) is 36.8 Å². The fraction of sp³-hybridized carbons (Fsp3) is 0.485. The number of amides is 1. The summed E-state index contributed by atoms with van der Waals surface area (Å²) in [4.78, 5) is 56.9. The molecule has 3 aliphatic rings. The maximum Gasteiger partial charge on any atom is 0.423 e. The van der Waals surface area contributed by atoms with Crippen molar-refractivity contribution in [2.45, 2.75) is 84.3 Å². The van der Waals surface area contributed by atoms with Gasteiger partial charge in [0.2, 0.25) is 0 Å². The molecule has 0 radical (unpaired) electrons. The van der Waals surface area contributed by atoms with E-state index in [1.807, 2.05) is 56.0 Å². The third-order valence-corrected chi connectivity index (χ3v) is 7.68. The molecular weight excluding hydrogens is 586 g/mol. The van der Waals surface area contributed by atoms with E-state index in [-0.39, 0.29) is 55.0 Å². The summed E-state index contributed by atoms with van der Waals surface area (Å²) in [6, 6.07) is 12.5. The predicted octanol–water partition coefficient (Wildman–Crippen LogP) is 0.823. The van der Waals surface area contributed by atoms with Gasteiger partial charge >= 0.3 is 23.9 Å². The summed E-state index contributed by atoms with van der Waals surface area (Å²) in [6.07, 6.45) is 3.31. The van der Waals surface area contributed by atoms with Crippen molar-refractivity contribution in [3.05, 3.63) is 77.3 Å². The summed E-state index contributed by atoms with van der Waals surface area (Å²) in [5, 5.41) is 0. The minimum absolute atomic E-state index is 0. The lowest BCUT2D eigenvalue weighted by Gasteiger charge is -2.55. The molecule has 1 aromatic carbocycles. The minimum Gasteiger partial charge on any atom is -1.00 e. The summed E-state index contributed by atoms with van der Waals surface area (Å²) in [5.41, 5.74) is 0.719. The quantitative estimate of drug-likeness (QED) is 0.264. The standard InChI is InChI=1S/C33H40N3O7.ClH/c1-32(2,3)42-30(39)28-26(23-14-16-35(24-19-36(28)27(23)24)31(40)43-33(4,5)6)29(38)34-15-10-13-22(18-34)17-25(37)41-20-21-11-8-7-9-12-21;/h7-13,15,18,23-24,27H,14,16-17,19-20H2,1-6H3;1H/q+1;/p-1/t23?,24-,27+;/m0./s1. The molecule has 2 saturated heterocycles. The van der Waals surface area contributed by atoms with Crippen molar-refractivity contribution in [2.24, 2.45) is 5.92 Å². The van der Waals surface area contributed by atoms with Crippen LogP contribution in [0, 0.1) is 5.92 Å². The number of rotatable bonds is 6. The lowest BCUT2D eigenvalue weighted by molar-refractivity contribution is -0.571. The number of benzene rings is 1. The van der Waals surface area contributed by atoms with Crippen LogP contribution < -0.4 is 17.0 Å². The maximum absolute atomic E-state index is 14.1. The number of carbonyl (C=O) groups is 4. The van der Waals surface area contributed by atoms with Gasteiger partial charge in [0.05, 0.1) is 18.5 Å². The van der Waals surface area contributed by atoms with Crippen molar-refractivity contribution in [1.82, 2.24) is 9.80 Å². The van der Waals surface area contributed by atoms with E-state index in [2.05, 4.69) is 0 Å². The molecule has 1 aromatic heterocycles. The molecular formula is C33H40ClN3O7. The number of halogens is 1. The molecule has 1 unspecified atom stereocenters. The predicted molar refractivity (Wildman–Crippen MR) is 155 cm³/mol. The normalized spacial score (nSPS) is 20.6. The number of likely N-dealkylation sites (tertiary alicyclic amines) is 1. The van der Waals surface area contributed by atoms with Gasteiger partial charge in [-0.15, -0.1) is 4.57 Å². The van der Waals surface area contributed by atoms with Gasteiger partial charge < -0.3 is 36.4 Å². The highest BCUT2D eigenvalue weighted by molar-refractivity contribution is 6.01. The number of hydrogen-bond acceptors (Lipinski definition) is 8. The van der Waals surface area contributed by atoms with Crippen LogP contribution in [0.15, 0.2) is 66.1 Å². The van der Waals surface area contributed by atoms with Gasteiger partial charge in [0, 0.05) is 30.6 Å². The first-order chi connectivity index (χ1) is 20.2. The Labute approximate surface area is 264 Å². The van der Waals surface area contributed by atoms with Gasteiger partial charge in [0.1, 0.15) is 29.1 Å². The molecule has 0 bridgehead atoms. The molecule has 2 aromatic rings. The van der Waals surface area contributed by atoms with Gasteiger partial charge in [-0.2, -0.15) is 0 Å². The van der Waals surface area contributed by atoms with E-state index in [4.69, 9.17) is 14.2 Å². The van der Waals surface area contributed by atoms with Crippen LogP contribution in [0.5, 0.6) is 0 Å². The molecule has 2 fully saturated rings. The Bertz CT molecular complexity index is 1460. The molecule has 5 rings (SSSR count). The molecule has 3 aliphatic heterocycles. The van der Waals surface area contributed by atoms with Crippen LogP contribution in [0.1, 0.15) is 63.9 Å². The topological polar surface area (TPSA) is 106 Å². The molecule has 0 spiro atoms. The Kier molecular flexibility index (Phi) is 9.44. The highest BCUT2D eigenvalue weighted by atomic mass is 35.5. The van der Waals surface area contributed by atoms with Crippen molar-refractivity contribution >= 4 is 23.9 Å². The van der Waals surface area contributed by atoms with E-state index in [1.54, 1.807) is 50.2 Å². The van der Waals surface area contributed by atoms with Gasteiger partial charge in [0.15, 0.2) is 12.4 Å². The Balaban J connectivity index is 0.00000442. The number of carbonyl (C=O) groups excluding carboxylic acids is 4. The van der Waals surface area contributed by atoms with Gasteiger partial charge in [-0.25, -0.2) is 14.4 Å². The molecule has 1 amide bonds. The first kappa shape index (κ1) is 33.0. The summed E-state index contributed by atoms with van der Waals surface area (Å²) in [6.45, 7) is 11.8. The zero-order valence-corrected chi connectivity index (χ0v) is 26.8. The third kappa shape index (κ3) is 7.07. The number of hydrogen-bond donors (Lipinski definition) is 0. The van der Waals surface area contributed by atoms with E-state index in [0.717, 1.165) is 5.56 Å². The van der Waals surface area contributed by atoms with E-state index in [9.17, 15) is 19.2 Å². The maximum atomic E-state index is 14.1. The number of ether oxygens (including phenoxy) is 3. The zero-order valence-electron chi connectivity index (χ0n) is 26.0. The fourth-order valence-electron chi connectivity index (χ4n) is 5.98. The first-order valence-electron chi connectivity index (χ1n) is 14.7. The number of nitrogens with zero attached hydrogens (tertiary/aromatic N) is 3. The van der Waals surface area contributed by atoms with Crippen LogP contribution >= 0.6 is 0 Å². The lowest BCUT2D eigenvalue weighted by atomic mass is 9.78. The molecule has 11 heteroatoms. The molecule has 4 heterocycles. The van der Waals surface area contributed by atoms with E-state index in [0.29, 0.717) is 30.6 Å².